The molecule has 0 aliphatic carbocycles. The molecular formula is C12H17N5O2S. The van der Waals surface area contributed by atoms with Crippen molar-refractivity contribution in [3.8, 4) is 5.69 Å². The maximum Gasteiger partial charge on any atom is 0.240 e. The minimum atomic E-state index is -3.45. The van der Waals surface area contributed by atoms with E-state index >= 15 is 0 Å². The first-order valence-corrected chi connectivity index (χ1v) is 7.80. The van der Waals surface area contributed by atoms with E-state index in [0.29, 0.717) is 18.2 Å². The summed E-state index contributed by atoms with van der Waals surface area (Å²) in [4.78, 5) is 0.234. The lowest BCUT2D eigenvalue weighted by Gasteiger charge is -2.08. The van der Waals surface area contributed by atoms with Crippen molar-refractivity contribution in [2.75, 3.05) is 6.54 Å². The van der Waals surface area contributed by atoms with E-state index in [9.17, 15) is 8.42 Å². The van der Waals surface area contributed by atoms with Crippen LogP contribution in [-0.4, -0.2) is 35.2 Å². The van der Waals surface area contributed by atoms with E-state index in [1.807, 2.05) is 0 Å². The zero-order valence-corrected chi connectivity index (χ0v) is 12.2. The predicted octanol–water partition coefficient (Wildman–Crippen LogP) is 0.987. The van der Waals surface area contributed by atoms with Crippen molar-refractivity contribution in [2.45, 2.75) is 25.2 Å². The van der Waals surface area contributed by atoms with E-state index in [0.717, 1.165) is 6.42 Å². The van der Waals surface area contributed by atoms with Crippen molar-refractivity contribution in [1.29, 1.82) is 0 Å². The summed E-state index contributed by atoms with van der Waals surface area (Å²) in [5.41, 5.74) is 0.705. The van der Waals surface area contributed by atoms with Gasteiger partial charge >= 0.3 is 0 Å². The molecule has 0 spiro atoms. The fourth-order valence-electron chi connectivity index (χ4n) is 1.62. The maximum absolute atomic E-state index is 12.1. The van der Waals surface area contributed by atoms with E-state index in [1.54, 1.807) is 12.1 Å². The number of benzene rings is 1. The van der Waals surface area contributed by atoms with Gasteiger partial charge in [0.2, 0.25) is 10.0 Å². The van der Waals surface area contributed by atoms with Gasteiger partial charge in [-0.15, -0.1) is 5.10 Å². The molecule has 0 saturated heterocycles. The van der Waals surface area contributed by atoms with Crippen LogP contribution in [0.2, 0.25) is 0 Å². The maximum atomic E-state index is 12.1. The Bertz CT molecular complexity index is 635. The molecule has 0 unspecified atom stereocenters. The Balaban J connectivity index is 2.09. The summed E-state index contributed by atoms with van der Waals surface area (Å²) < 4.78 is 28.2. The van der Waals surface area contributed by atoms with E-state index in [-0.39, 0.29) is 4.90 Å². The van der Waals surface area contributed by atoms with Crippen LogP contribution in [0.15, 0.2) is 35.5 Å². The molecule has 0 fully saturated rings. The molecule has 0 radical (unpaired) electrons. The predicted molar refractivity (Wildman–Crippen MR) is 73.8 cm³/mol. The van der Waals surface area contributed by atoms with Gasteiger partial charge in [-0.2, -0.15) is 0 Å². The molecule has 0 bridgehead atoms. The summed E-state index contributed by atoms with van der Waals surface area (Å²) in [5.74, 6) is 0.458. The summed E-state index contributed by atoms with van der Waals surface area (Å²) >= 11 is 0. The Labute approximate surface area is 118 Å². The van der Waals surface area contributed by atoms with Gasteiger partial charge in [0.15, 0.2) is 0 Å². The topological polar surface area (TPSA) is 89.8 Å². The molecule has 0 aliphatic rings. The molecule has 0 aliphatic heterocycles. The van der Waals surface area contributed by atoms with Crippen LogP contribution in [0.25, 0.3) is 5.69 Å². The van der Waals surface area contributed by atoms with Crippen molar-refractivity contribution in [2.24, 2.45) is 5.92 Å². The monoisotopic (exact) mass is 295 g/mol. The molecule has 1 N–H and O–H groups in total. The Morgan fingerprint density at radius 2 is 1.95 bits per heavy atom. The van der Waals surface area contributed by atoms with E-state index in [2.05, 4.69) is 34.1 Å². The molecule has 0 saturated carbocycles. The minimum Gasteiger partial charge on any atom is -0.211 e. The third-order valence-corrected chi connectivity index (χ3v) is 4.25. The van der Waals surface area contributed by atoms with Gasteiger partial charge in [0.25, 0.3) is 0 Å². The number of nitrogens with zero attached hydrogens (tertiary/aromatic N) is 4. The van der Waals surface area contributed by atoms with Gasteiger partial charge in [0.05, 0.1) is 10.6 Å². The highest BCUT2D eigenvalue weighted by atomic mass is 32.2. The van der Waals surface area contributed by atoms with Gasteiger partial charge in [-0.25, -0.2) is 17.8 Å². The average Bonchev–Trinajstić information content (AvgIpc) is 2.92. The smallest absolute Gasteiger partial charge is 0.211 e. The molecule has 108 valence electrons. The van der Waals surface area contributed by atoms with Crippen LogP contribution in [0.3, 0.4) is 0 Å². The standard InChI is InChI=1S/C12H17N5O2S/c1-10(2)7-8-14-20(18,19)12-5-3-11(4-6-12)17-9-13-15-16-17/h3-6,9-10,14H,7-8H2,1-2H3. The summed E-state index contributed by atoms with van der Waals surface area (Å²) in [7, 11) is -3.45. The van der Waals surface area contributed by atoms with Gasteiger partial charge in [0, 0.05) is 6.54 Å². The molecular weight excluding hydrogens is 278 g/mol. The van der Waals surface area contributed by atoms with Crippen molar-refractivity contribution in [1.82, 2.24) is 24.9 Å². The second-order valence-corrected chi connectivity index (χ2v) is 6.60. The molecule has 0 amide bonds. The van der Waals surface area contributed by atoms with E-state index in [4.69, 9.17) is 0 Å². The largest absolute Gasteiger partial charge is 0.240 e. The van der Waals surface area contributed by atoms with Gasteiger partial charge in [-0.3, -0.25) is 0 Å². The number of aromatic nitrogens is 4. The van der Waals surface area contributed by atoms with Crippen LogP contribution < -0.4 is 4.72 Å². The number of rotatable bonds is 6. The average molecular weight is 295 g/mol. The fourth-order valence-corrected chi connectivity index (χ4v) is 2.67. The number of nitrogens with one attached hydrogen (secondary N) is 1. The van der Waals surface area contributed by atoms with Crippen LogP contribution in [0.5, 0.6) is 0 Å². The molecule has 7 nitrogen and oxygen atoms in total. The molecule has 2 aromatic rings. The molecule has 1 heterocycles. The third-order valence-electron chi connectivity index (χ3n) is 2.77. The van der Waals surface area contributed by atoms with E-state index in [1.165, 1.54) is 23.1 Å². The van der Waals surface area contributed by atoms with Crippen LogP contribution in [0.4, 0.5) is 0 Å². The first kappa shape index (κ1) is 14.6. The van der Waals surface area contributed by atoms with Crippen LogP contribution in [0.1, 0.15) is 20.3 Å². The normalized spacial score (nSPS) is 11.9. The Hall–Kier alpha value is -1.80. The third kappa shape index (κ3) is 3.61. The molecule has 2 rings (SSSR count). The first-order chi connectivity index (χ1) is 9.49. The second-order valence-electron chi connectivity index (χ2n) is 4.83. The number of sulfonamides is 1. The Morgan fingerprint density at radius 3 is 2.50 bits per heavy atom. The minimum absolute atomic E-state index is 0.234. The molecule has 8 heteroatoms. The fraction of sp³-hybridized carbons (Fsp3) is 0.417. The first-order valence-electron chi connectivity index (χ1n) is 6.32. The van der Waals surface area contributed by atoms with Crippen LogP contribution in [-0.2, 0) is 10.0 Å². The highest BCUT2D eigenvalue weighted by molar-refractivity contribution is 7.89. The summed E-state index contributed by atoms with van der Waals surface area (Å²) in [6.07, 6.45) is 2.26. The van der Waals surface area contributed by atoms with E-state index < -0.39 is 10.0 Å². The van der Waals surface area contributed by atoms with Gasteiger partial charge in [-0.05, 0) is 47.0 Å². The quantitative estimate of drug-likeness (QED) is 0.858. The molecule has 0 atom stereocenters. The molecule has 1 aromatic heterocycles. The van der Waals surface area contributed by atoms with Crippen molar-refractivity contribution < 1.29 is 8.42 Å². The second kappa shape index (κ2) is 6.10. The van der Waals surface area contributed by atoms with Gasteiger partial charge in [-0.1, -0.05) is 13.8 Å². The SMILES string of the molecule is CC(C)CCNS(=O)(=O)c1ccc(-n2cnnn2)cc1. The highest BCUT2D eigenvalue weighted by Gasteiger charge is 2.13. The van der Waals surface area contributed by atoms with Crippen molar-refractivity contribution in [3.05, 3.63) is 30.6 Å². The lowest BCUT2D eigenvalue weighted by atomic mass is 10.1. The molecule has 1 aromatic carbocycles. The molecule has 20 heavy (non-hydrogen) atoms. The highest BCUT2D eigenvalue weighted by Crippen LogP contribution is 2.12. The zero-order valence-electron chi connectivity index (χ0n) is 11.4. The van der Waals surface area contributed by atoms with Crippen LogP contribution >= 0.6 is 0 Å². The summed E-state index contributed by atoms with van der Waals surface area (Å²) in [5, 5.41) is 10.8. The van der Waals surface area contributed by atoms with Crippen molar-refractivity contribution >= 4 is 10.0 Å². The Kier molecular flexibility index (Phi) is 4.46. The van der Waals surface area contributed by atoms with Crippen molar-refractivity contribution in [3.63, 3.8) is 0 Å². The zero-order chi connectivity index (χ0) is 14.6. The summed E-state index contributed by atoms with van der Waals surface area (Å²) in [6.45, 7) is 4.54. The van der Waals surface area contributed by atoms with Gasteiger partial charge < -0.3 is 0 Å². The number of tetrazole rings is 1. The lowest BCUT2D eigenvalue weighted by molar-refractivity contribution is 0.551. The van der Waals surface area contributed by atoms with Gasteiger partial charge in [0.1, 0.15) is 6.33 Å². The van der Waals surface area contributed by atoms with Crippen LogP contribution in [0, 0.1) is 5.92 Å². The summed E-state index contributed by atoms with van der Waals surface area (Å²) in [6, 6.07) is 6.39. The lowest BCUT2D eigenvalue weighted by Crippen LogP contribution is -2.25. The number of hydrogen-bond acceptors (Lipinski definition) is 5. The Morgan fingerprint density at radius 1 is 1.25 bits per heavy atom. The number of hydrogen-bond donors (Lipinski definition) is 1.